The Balaban J connectivity index is 0. The quantitative estimate of drug-likeness (QED) is 0.360. The van der Waals surface area contributed by atoms with E-state index >= 15 is 0 Å². The van der Waals surface area contributed by atoms with Crippen LogP contribution in [0, 0.1) is 0 Å². The van der Waals surface area contributed by atoms with E-state index in [9.17, 15) is 9.59 Å². The number of carbonyl (C=O) groups is 2. The fourth-order valence-electron chi connectivity index (χ4n) is 2.00. The van der Waals surface area contributed by atoms with Crippen molar-refractivity contribution in [1.82, 2.24) is 0 Å². The number of unbranched alkanes of at least 4 members (excludes halogenated alkanes) is 8. The molecule has 0 rings (SSSR count). The number of hydrogen-bond acceptors (Lipinski definition) is 4. The fourth-order valence-corrected chi connectivity index (χ4v) is 2.49. The molecule has 129 valence electrons. The normalized spacial score (nSPS) is 9.73. The second-order valence-electron chi connectivity index (χ2n) is 5.40. The summed E-state index contributed by atoms with van der Waals surface area (Å²) in [6.45, 7) is 4.32. The van der Waals surface area contributed by atoms with Gasteiger partial charge in [-0.25, -0.2) is 0 Å². The van der Waals surface area contributed by atoms with Gasteiger partial charge >= 0.3 is 15.9 Å². The van der Waals surface area contributed by atoms with Gasteiger partial charge in [0.15, 0.2) is 0 Å². The fraction of sp³-hybridized carbons (Fsp3) is 0.875. The van der Waals surface area contributed by atoms with E-state index in [1.54, 1.807) is 0 Å². The van der Waals surface area contributed by atoms with E-state index in [1.165, 1.54) is 38.5 Å². The van der Waals surface area contributed by atoms with Crippen molar-refractivity contribution in [3.63, 3.8) is 0 Å². The Morgan fingerprint density at radius 2 is 1.05 bits per heavy atom. The molecule has 0 bridgehead atoms. The standard InChI is InChI=1S/2C8H16O2.Al.H2O/c2*1-2-3-4-5-6-7-8(9)10;;/h2*2-7H2,1H3,(H,9,10);;1H2/q;;+2;/p-2. The Kier molecular flexibility index (Phi) is 19.9. The van der Waals surface area contributed by atoms with Gasteiger partial charge in [0.25, 0.3) is 11.9 Å². The third kappa shape index (κ3) is 17.5. The molecule has 0 aliphatic rings. The molecule has 0 fully saturated rings. The molecular formula is C16H32AlO5. The Morgan fingerprint density at radius 1 is 0.682 bits per heavy atom. The van der Waals surface area contributed by atoms with Gasteiger partial charge < -0.3 is 13.1 Å². The highest BCUT2D eigenvalue weighted by atomic mass is 27.2. The van der Waals surface area contributed by atoms with Crippen molar-refractivity contribution in [2.24, 2.45) is 0 Å². The predicted octanol–water partition coefficient (Wildman–Crippen LogP) is 3.50. The van der Waals surface area contributed by atoms with Gasteiger partial charge in [-0.1, -0.05) is 65.2 Å². The smallest absolute Gasteiger partial charge is 0.589 e. The van der Waals surface area contributed by atoms with Crippen molar-refractivity contribution in [2.45, 2.75) is 90.9 Å². The summed E-state index contributed by atoms with van der Waals surface area (Å²) in [5.74, 6) is -0.477. The second kappa shape index (κ2) is 18.5. The van der Waals surface area contributed by atoms with Gasteiger partial charge in [-0.3, -0.25) is 9.59 Å². The first-order valence-corrected chi connectivity index (χ1v) is 9.35. The lowest BCUT2D eigenvalue weighted by Crippen LogP contribution is -2.15. The molecule has 0 aliphatic heterocycles. The van der Waals surface area contributed by atoms with E-state index < -0.39 is 15.9 Å². The number of carbonyl (C=O) groups excluding carboxylic acids is 2. The van der Waals surface area contributed by atoms with Crippen molar-refractivity contribution in [2.75, 3.05) is 0 Å². The van der Waals surface area contributed by atoms with Crippen LogP contribution in [-0.2, 0) is 17.2 Å². The van der Waals surface area contributed by atoms with Crippen molar-refractivity contribution >= 4 is 27.8 Å². The molecule has 6 heteroatoms. The first-order valence-electron chi connectivity index (χ1n) is 8.41. The van der Waals surface area contributed by atoms with Crippen LogP contribution in [0.3, 0.4) is 0 Å². The van der Waals surface area contributed by atoms with Crippen molar-refractivity contribution in [1.29, 1.82) is 0 Å². The second-order valence-corrected chi connectivity index (χ2v) is 6.07. The van der Waals surface area contributed by atoms with E-state index in [4.69, 9.17) is 7.58 Å². The maximum atomic E-state index is 11.4. The van der Waals surface area contributed by atoms with Crippen molar-refractivity contribution in [3.8, 4) is 0 Å². The lowest BCUT2D eigenvalue weighted by Gasteiger charge is -2.06. The molecule has 5 nitrogen and oxygen atoms in total. The lowest BCUT2D eigenvalue weighted by atomic mass is 10.1. The zero-order valence-corrected chi connectivity index (χ0v) is 15.4. The third-order valence-corrected chi connectivity index (χ3v) is 4.05. The molecular weight excluding hydrogens is 299 g/mol. The van der Waals surface area contributed by atoms with Gasteiger partial charge in [-0.2, -0.15) is 0 Å². The highest BCUT2D eigenvalue weighted by Gasteiger charge is 2.13. The summed E-state index contributed by atoms with van der Waals surface area (Å²) < 4.78 is 9.93. The molecule has 1 radical (unpaired) electrons. The topological polar surface area (TPSA) is 84.1 Å². The third-order valence-electron chi connectivity index (χ3n) is 3.33. The van der Waals surface area contributed by atoms with Crippen LogP contribution in [0.5, 0.6) is 0 Å². The van der Waals surface area contributed by atoms with Crippen molar-refractivity contribution in [3.05, 3.63) is 0 Å². The van der Waals surface area contributed by atoms with Gasteiger partial charge in [-0.15, -0.1) is 0 Å². The minimum atomic E-state index is -0.976. The van der Waals surface area contributed by atoms with Crippen LogP contribution in [0.2, 0.25) is 0 Å². The molecule has 2 N–H and O–H groups in total. The van der Waals surface area contributed by atoms with Gasteiger partial charge in [0.05, 0.1) is 0 Å². The largest absolute Gasteiger partial charge is 0.885 e. The highest BCUT2D eigenvalue weighted by Crippen LogP contribution is 2.07. The van der Waals surface area contributed by atoms with E-state index in [0.29, 0.717) is 12.8 Å². The van der Waals surface area contributed by atoms with Crippen LogP contribution in [0.4, 0.5) is 0 Å². The average molecular weight is 331 g/mol. The van der Waals surface area contributed by atoms with Crippen LogP contribution in [0.25, 0.3) is 0 Å². The molecule has 0 saturated heterocycles. The minimum Gasteiger partial charge on any atom is -0.589 e. The summed E-state index contributed by atoms with van der Waals surface area (Å²) >= 11 is -0.976. The van der Waals surface area contributed by atoms with Crippen LogP contribution in [0.15, 0.2) is 0 Å². The number of hydrogen-bond donors (Lipinski definition) is 0. The zero-order chi connectivity index (χ0) is 15.8. The number of rotatable bonds is 14. The van der Waals surface area contributed by atoms with E-state index in [2.05, 4.69) is 13.8 Å². The van der Waals surface area contributed by atoms with Gasteiger partial charge in [0, 0.05) is 12.8 Å². The highest BCUT2D eigenvalue weighted by molar-refractivity contribution is 6.25. The average Bonchev–Trinajstić information content (AvgIpc) is 2.47. The van der Waals surface area contributed by atoms with Crippen LogP contribution in [-0.4, -0.2) is 33.3 Å². The maximum Gasteiger partial charge on any atom is 0.885 e. The Bertz CT molecular complexity index is 245. The first kappa shape index (κ1) is 23.7. The molecule has 0 amide bonds. The minimum absolute atomic E-state index is 0. The summed E-state index contributed by atoms with van der Waals surface area (Å²) in [5.41, 5.74) is 0. The molecule has 0 aliphatic carbocycles. The monoisotopic (exact) mass is 331 g/mol. The van der Waals surface area contributed by atoms with Crippen molar-refractivity contribution < 1.29 is 22.6 Å². The van der Waals surface area contributed by atoms with E-state index in [0.717, 1.165) is 25.7 Å². The SMILES string of the molecule is CCCCCCCC(=O)[O][Al][O]C(=O)CCCCCCC.O. The van der Waals surface area contributed by atoms with Crippen LogP contribution in [0.1, 0.15) is 90.9 Å². The Hall–Kier alpha value is -0.568. The molecule has 0 heterocycles. The lowest BCUT2D eigenvalue weighted by molar-refractivity contribution is -0.139. The Morgan fingerprint density at radius 3 is 1.41 bits per heavy atom. The predicted molar refractivity (Wildman–Crippen MR) is 88.3 cm³/mol. The van der Waals surface area contributed by atoms with E-state index in [-0.39, 0.29) is 17.4 Å². The van der Waals surface area contributed by atoms with Gasteiger partial charge in [0.2, 0.25) is 0 Å². The van der Waals surface area contributed by atoms with Crippen LogP contribution < -0.4 is 0 Å². The molecule has 0 atom stereocenters. The summed E-state index contributed by atoms with van der Waals surface area (Å²) in [6, 6.07) is 0. The summed E-state index contributed by atoms with van der Waals surface area (Å²) in [5, 5.41) is 0. The molecule has 0 aromatic carbocycles. The van der Waals surface area contributed by atoms with Gasteiger partial charge in [-0.05, 0) is 12.8 Å². The summed E-state index contributed by atoms with van der Waals surface area (Å²) in [7, 11) is 0. The molecule has 0 aromatic rings. The molecule has 22 heavy (non-hydrogen) atoms. The molecule has 0 unspecified atom stereocenters. The maximum absolute atomic E-state index is 11.4. The van der Waals surface area contributed by atoms with Gasteiger partial charge in [0.1, 0.15) is 0 Å². The summed E-state index contributed by atoms with van der Waals surface area (Å²) in [6.07, 6.45) is 11.9. The van der Waals surface area contributed by atoms with E-state index in [1.807, 2.05) is 0 Å². The molecule has 0 saturated carbocycles. The zero-order valence-electron chi connectivity index (χ0n) is 14.2. The molecule has 0 spiro atoms. The van der Waals surface area contributed by atoms with Crippen LogP contribution >= 0.6 is 0 Å². The Labute approximate surface area is 141 Å². The molecule has 0 aromatic heterocycles. The first-order chi connectivity index (χ1) is 10.2. The summed E-state index contributed by atoms with van der Waals surface area (Å²) in [4.78, 5) is 22.8.